The van der Waals surface area contributed by atoms with E-state index in [-0.39, 0.29) is 12.5 Å². The molecule has 0 unspecified atom stereocenters. The number of benzene rings is 1. The van der Waals surface area contributed by atoms with E-state index in [1.54, 1.807) is 16.7 Å². The number of hydrogen-bond donors (Lipinski definition) is 1. The van der Waals surface area contributed by atoms with Gasteiger partial charge in [-0.2, -0.15) is 11.8 Å². The van der Waals surface area contributed by atoms with Gasteiger partial charge in [-0.25, -0.2) is 0 Å². The van der Waals surface area contributed by atoms with Crippen molar-refractivity contribution < 1.29 is 9.90 Å². The molecule has 3 nitrogen and oxygen atoms in total. The van der Waals surface area contributed by atoms with Crippen molar-refractivity contribution in [2.24, 2.45) is 0 Å². The van der Waals surface area contributed by atoms with Crippen LogP contribution in [-0.2, 0) is 0 Å². The predicted octanol–water partition coefficient (Wildman–Crippen LogP) is 2.16. The molecule has 20 heavy (non-hydrogen) atoms. The maximum absolute atomic E-state index is 12.4. The Hall–Kier alpha value is -1.44. The number of carbonyl (C=O) groups excluding carboxylic acids is 1. The van der Waals surface area contributed by atoms with Gasteiger partial charge in [0.05, 0.1) is 12.2 Å². The van der Waals surface area contributed by atoms with Crippen LogP contribution in [0, 0.1) is 18.8 Å². The third-order valence-corrected chi connectivity index (χ3v) is 3.43. The van der Waals surface area contributed by atoms with E-state index in [0.717, 1.165) is 23.4 Å². The lowest BCUT2D eigenvalue weighted by molar-refractivity contribution is 0.0803. The van der Waals surface area contributed by atoms with E-state index in [9.17, 15) is 4.79 Å². The highest BCUT2D eigenvalue weighted by molar-refractivity contribution is 7.98. The summed E-state index contributed by atoms with van der Waals surface area (Å²) in [7, 11) is 1.81. The van der Waals surface area contributed by atoms with Crippen molar-refractivity contribution >= 4 is 17.7 Å². The topological polar surface area (TPSA) is 40.5 Å². The van der Waals surface area contributed by atoms with Crippen LogP contribution >= 0.6 is 11.8 Å². The zero-order valence-electron chi connectivity index (χ0n) is 12.3. The SMILES string of the molecule is CSCCN(C)C(=O)c1ccc(C)cc1C#CCCO. The molecule has 1 N–H and O–H groups in total. The second kappa shape index (κ2) is 8.68. The van der Waals surface area contributed by atoms with Crippen molar-refractivity contribution in [1.82, 2.24) is 4.90 Å². The summed E-state index contributed by atoms with van der Waals surface area (Å²) in [5, 5.41) is 8.78. The molecule has 0 heterocycles. The normalized spacial score (nSPS) is 9.80. The number of rotatable bonds is 5. The van der Waals surface area contributed by atoms with Crippen molar-refractivity contribution in [2.75, 3.05) is 32.2 Å². The van der Waals surface area contributed by atoms with Gasteiger partial charge in [0, 0.05) is 31.3 Å². The van der Waals surface area contributed by atoms with E-state index >= 15 is 0 Å². The fourth-order valence-corrected chi connectivity index (χ4v) is 2.15. The van der Waals surface area contributed by atoms with Crippen LogP contribution < -0.4 is 0 Å². The smallest absolute Gasteiger partial charge is 0.254 e. The van der Waals surface area contributed by atoms with Gasteiger partial charge in [-0.15, -0.1) is 0 Å². The van der Waals surface area contributed by atoms with Gasteiger partial charge in [-0.3, -0.25) is 4.79 Å². The summed E-state index contributed by atoms with van der Waals surface area (Å²) in [6, 6.07) is 5.67. The van der Waals surface area contributed by atoms with Gasteiger partial charge >= 0.3 is 0 Å². The van der Waals surface area contributed by atoms with Gasteiger partial charge in [-0.05, 0) is 30.9 Å². The van der Waals surface area contributed by atoms with E-state index in [4.69, 9.17) is 5.11 Å². The molecule has 0 saturated heterocycles. The van der Waals surface area contributed by atoms with Crippen molar-refractivity contribution in [3.05, 3.63) is 34.9 Å². The minimum atomic E-state index is -0.00708. The molecule has 0 fully saturated rings. The van der Waals surface area contributed by atoms with Gasteiger partial charge in [0.2, 0.25) is 0 Å². The largest absolute Gasteiger partial charge is 0.395 e. The Balaban J connectivity index is 2.99. The molecule has 1 rings (SSSR count). The molecule has 0 bridgehead atoms. The maximum atomic E-state index is 12.4. The molecule has 0 saturated carbocycles. The summed E-state index contributed by atoms with van der Waals surface area (Å²) >= 11 is 1.72. The van der Waals surface area contributed by atoms with Gasteiger partial charge in [0.25, 0.3) is 5.91 Å². The van der Waals surface area contributed by atoms with E-state index in [1.807, 2.05) is 38.4 Å². The zero-order valence-corrected chi connectivity index (χ0v) is 13.1. The Morgan fingerprint density at radius 2 is 2.20 bits per heavy atom. The third kappa shape index (κ3) is 4.92. The van der Waals surface area contributed by atoms with Crippen LogP contribution in [0.25, 0.3) is 0 Å². The second-order valence-electron chi connectivity index (χ2n) is 4.54. The number of aliphatic hydroxyl groups excluding tert-OH is 1. The molecule has 0 spiro atoms. The summed E-state index contributed by atoms with van der Waals surface area (Å²) in [5.41, 5.74) is 2.44. The van der Waals surface area contributed by atoms with E-state index < -0.39 is 0 Å². The van der Waals surface area contributed by atoms with E-state index in [0.29, 0.717) is 12.0 Å². The van der Waals surface area contributed by atoms with Crippen molar-refractivity contribution in [2.45, 2.75) is 13.3 Å². The van der Waals surface area contributed by atoms with E-state index in [1.165, 1.54) is 0 Å². The first-order valence-corrected chi connectivity index (χ1v) is 7.94. The fraction of sp³-hybridized carbons (Fsp3) is 0.438. The number of hydrogen-bond acceptors (Lipinski definition) is 3. The van der Waals surface area contributed by atoms with Crippen LogP contribution in [-0.4, -0.2) is 48.1 Å². The van der Waals surface area contributed by atoms with Gasteiger partial charge in [-0.1, -0.05) is 17.9 Å². The number of nitrogens with zero attached hydrogens (tertiary/aromatic N) is 1. The highest BCUT2D eigenvalue weighted by Gasteiger charge is 2.14. The van der Waals surface area contributed by atoms with Crippen LogP contribution in [0.1, 0.15) is 27.9 Å². The lowest BCUT2D eigenvalue weighted by atomic mass is 10.0. The molecule has 4 heteroatoms. The van der Waals surface area contributed by atoms with Crippen LogP contribution in [0.2, 0.25) is 0 Å². The highest BCUT2D eigenvalue weighted by atomic mass is 32.2. The lowest BCUT2D eigenvalue weighted by Gasteiger charge is -2.17. The van der Waals surface area contributed by atoms with E-state index in [2.05, 4.69) is 11.8 Å². The average Bonchev–Trinajstić information content (AvgIpc) is 2.44. The minimum Gasteiger partial charge on any atom is -0.395 e. The van der Waals surface area contributed by atoms with Crippen LogP contribution in [0.5, 0.6) is 0 Å². The van der Waals surface area contributed by atoms with Crippen LogP contribution in [0.15, 0.2) is 18.2 Å². The Morgan fingerprint density at radius 3 is 2.85 bits per heavy atom. The molecule has 0 aromatic heterocycles. The first-order valence-electron chi connectivity index (χ1n) is 6.55. The second-order valence-corrected chi connectivity index (χ2v) is 5.53. The quantitative estimate of drug-likeness (QED) is 0.845. The third-order valence-electron chi connectivity index (χ3n) is 2.84. The molecule has 1 amide bonds. The molecule has 0 radical (unpaired) electrons. The fourth-order valence-electron chi connectivity index (χ4n) is 1.70. The number of aliphatic hydroxyl groups is 1. The Labute approximate surface area is 125 Å². The number of thioether (sulfide) groups is 1. The van der Waals surface area contributed by atoms with Crippen molar-refractivity contribution in [1.29, 1.82) is 0 Å². The van der Waals surface area contributed by atoms with Crippen molar-refractivity contribution in [3.63, 3.8) is 0 Å². The molecular formula is C16H21NO2S. The molecule has 108 valence electrons. The van der Waals surface area contributed by atoms with Gasteiger partial charge in [0.15, 0.2) is 0 Å². The highest BCUT2D eigenvalue weighted by Crippen LogP contribution is 2.13. The number of amides is 1. The maximum Gasteiger partial charge on any atom is 0.254 e. The molecule has 0 aliphatic rings. The molecular weight excluding hydrogens is 270 g/mol. The number of aryl methyl sites for hydroxylation is 1. The first-order chi connectivity index (χ1) is 9.60. The molecule has 0 aliphatic carbocycles. The summed E-state index contributed by atoms with van der Waals surface area (Å²) in [6.07, 6.45) is 2.44. The lowest BCUT2D eigenvalue weighted by Crippen LogP contribution is -2.29. The Bertz CT molecular complexity index is 517. The Kier molecular flexibility index (Phi) is 7.21. The number of carbonyl (C=O) groups is 1. The van der Waals surface area contributed by atoms with Gasteiger partial charge in [0.1, 0.15) is 0 Å². The molecule has 0 atom stereocenters. The standard InChI is InChI=1S/C16H21NO2S/c1-13-7-8-15(14(12-13)6-4-5-10-18)16(19)17(2)9-11-20-3/h7-8,12,18H,5,9-11H2,1-3H3. The van der Waals surface area contributed by atoms with Gasteiger partial charge < -0.3 is 10.0 Å². The summed E-state index contributed by atoms with van der Waals surface area (Å²) in [6.45, 7) is 2.73. The first kappa shape index (κ1) is 16.6. The summed E-state index contributed by atoms with van der Waals surface area (Å²) < 4.78 is 0. The predicted molar refractivity (Wildman–Crippen MR) is 85.1 cm³/mol. The van der Waals surface area contributed by atoms with Crippen LogP contribution in [0.4, 0.5) is 0 Å². The monoisotopic (exact) mass is 291 g/mol. The van der Waals surface area contributed by atoms with Crippen LogP contribution in [0.3, 0.4) is 0 Å². The Morgan fingerprint density at radius 1 is 1.45 bits per heavy atom. The average molecular weight is 291 g/mol. The molecule has 1 aromatic carbocycles. The van der Waals surface area contributed by atoms with Crippen molar-refractivity contribution in [3.8, 4) is 11.8 Å². The summed E-state index contributed by atoms with van der Waals surface area (Å²) in [4.78, 5) is 14.1. The molecule has 1 aromatic rings. The minimum absolute atomic E-state index is 0.00708. The summed E-state index contributed by atoms with van der Waals surface area (Å²) in [5.74, 6) is 6.77. The molecule has 0 aliphatic heterocycles. The zero-order chi connectivity index (χ0) is 15.0.